The van der Waals surface area contributed by atoms with Crippen LogP contribution in [0.25, 0.3) is 11.1 Å². The summed E-state index contributed by atoms with van der Waals surface area (Å²) in [5.74, 6) is -0.621. The summed E-state index contributed by atoms with van der Waals surface area (Å²) in [4.78, 5) is 13.6. The highest BCUT2D eigenvalue weighted by molar-refractivity contribution is 5.86. The average Bonchev–Trinajstić information content (AvgIpc) is 3.32. The topological polar surface area (TPSA) is 97.9 Å². The second-order valence-electron chi connectivity index (χ2n) is 7.21. The van der Waals surface area contributed by atoms with Crippen LogP contribution < -0.4 is 0 Å². The third-order valence-corrected chi connectivity index (χ3v) is 5.27. The van der Waals surface area contributed by atoms with Crippen LogP contribution in [-0.2, 0) is 6.54 Å². The molecule has 1 aliphatic rings. The van der Waals surface area contributed by atoms with Crippen molar-refractivity contribution >= 4 is 5.97 Å². The molecule has 0 unspecified atom stereocenters. The van der Waals surface area contributed by atoms with Gasteiger partial charge >= 0.3 is 5.97 Å². The second-order valence-corrected chi connectivity index (χ2v) is 7.21. The highest BCUT2D eigenvalue weighted by Crippen LogP contribution is 2.33. The molecule has 3 heterocycles. The summed E-state index contributed by atoms with van der Waals surface area (Å²) in [5, 5.41) is 23.2. The number of H-pyrrole nitrogens is 2. The van der Waals surface area contributed by atoms with E-state index in [2.05, 4.69) is 56.5 Å². The second kappa shape index (κ2) is 7.36. The van der Waals surface area contributed by atoms with E-state index in [0.29, 0.717) is 12.5 Å². The van der Waals surface area contributed by atoms with Gasteiger partial charge < -0.3 is 5.11 Å². The van der Waals surface area contributed by atoms with Crippen molar-refractivity contribution < 1.29 is 9.90 Å². The Labute approximate surface area is 157 Å². The van der Waals surface area contributed by atoms with Gasteiger partial charge in [0.25, 0.3) is 0 Å². The summed E-state index contributed by atoms with van der Waals surface area (Å²) in [7, 11) is 0. The lowest BCUT2D eigenvalue weighted by Crippen LogP contribution is -2.34. The highest BCUT2D eigenvalue weighted by atomic mass is 16.4. The Hall–Kier alpha value is -2.93. The Morgan fingerprint density at radius 2 is 2.00 bits per heavy atom. The fraction of sp³-hybridized carbons (Fsp3) is 0.350. The monoisotopic (exact) mass is 365 g/mol. The van der Waals surface area contributed by atoms with E-state index in [1.165, 1.54) is 11.1 Å². The van der Waals surface area contributed by atoms with Crippen molar-refractivity contribution in [3.05, 3.63) is 59.2 Å². The molecule has 1 aliphatic heterocycles. The summed E-state index contributed by atoms with van der Waals surface area (Å²) in [6, 6.07) is 8.50. The van der Waals surface area contributed by atoms with E-state index in [0.717, 1.165) is 42.8 Å². The SMILES string of the molecule is Cc1ccc(-c2cn[nH]c2[C@H]2CCCN(Cc3cn[nH]c3C(=O)O)C2)cc1. The first-order valence-corrected chi connectivity index (χ1v) is 9.20. The van der Waals surface area contributed by atoms with Crippen LogP contribution in [0.2, 0.25) is 0 Å². The van der Waals surface area contributed by atoms with Gasteiger partial charge in [0.2, 0.25) is 0 Å². The third kappa shape index (κ3) is 3.64. The molecule has 0 bridgehead atoms. The number of likely N-dealkylation sites (tertiary alicyclic amines) is 1. The van der Waals surface area contributed by atoms with Gasteiger partial charge in [0, 0.05) is 35.8 Å². The minimum atomic E-state index is -0.966. The molecular weight excluding hydrogens is 342 g/mol. The number of carbonyl (C=O) groups is 1. The molecule has 7 nitrogen and oxygen atoms in total. The molecule has 0 aliphatic carbocycles. The Balaban J connectivity index is 1.52. The lowest BCUT2D eigenvalue weighted by molar-refractivity contribution is 0.0687. The molecule has 27 heavy (non-hydrogen) atoms. The number of aromatic amines is 2. The van der Waals surface area contributed by atoms with Crippen molar-refractivity contribution in [1.29, 1.82) is 0 Å². The van der Waals surface area contributed by atoms with Crippen molar-refractivity contribution in [3.8, 4) is 11.1 Å². The van der Waals surface area contributed by atoms with Crippen LogP contribution in [0.1, 0.15) is 46.1 Å². The van der Waals surface area contributed by atoms with Crippen LogP contribution in [-0.4, -0.2) is 49.5 Å². The molecule has 1 atom stereocenters. The number of carboxylic acids is 1. The number of nitrogens with zero attached hydrogens (tertiary/aromatic N) is 3. The van der Waals surface area contributed by atoms with E-state index in [-0.39, 0.29) is 5.69 Å². The Morgan fingerprint density at radius 3 is 2.78 bits per heavy atom. The maximum absolute atomic E-state index is 11.3. The molecule has 1 fully saturated rings. The number of aromatic nitrogens is 4. The quantitative estimate of drug-likeness (QED) is 0.645. The van der Waals surface area contributed by atoms with Crippen molar-refractivity contribution in [2.24, 2.45) is 0 Å². The summed E-state index contributed by atoms with van der Waals surface area (Å²) in [5.41, 5.74) is 5.63. The molecule has 0 radical (unpaired) electrons. The minimum Gasteiger partial charge on any atom is -0.477 e. The van der Waals surface area contributed by atoms with Gasteiger partial charge in [-0.1, -0.05) is 29.8 Å². The number of hydrogen-bond donors (Lipinski definition) is 3. The molecule has 1 saturated heterocycles. The number of aryl methyl sites for hydroxylation is 1. The number of nitrogens with one attached hydrogen (secondary N) is 2. The Morgan fingerprint density at radius 1 is 1.22 bits per heavy atom. The molecule has 2 aromatic heterocycles. The van der Waals surface area contributed by atoms with Gasteiger partial charge in [0.05, 0.1) is 12.4 Å². The first-order chi connectivity index (χ1) is 13.1. The van der Waals surface area contributed by atoms with E-state index in [1.807, 2.05) is 6.20 Å². The standard InChI is InChI=1S/C20H23N5O2/c1-13-4-6-14(7-5-13)17-10-22-23-18(17)15-3-2-8-25(11-15)12-16-9-21-24-19(16)20(26)27/h4-7,9-10,15H,2-3,8,11-12H2,1H3,(H,21,24)(H,22,23)(H,26,27)/t15-/m0/s1. The van der Waals surface area contributed by atoms with Gasteiger partial charge in [0.1, 0.15) is 5.69 Å². The van der Waals surface area contributed by atoms with Crippen molar-refractivity contribution in [1.82, 2.24) is 25.3 Å². The summed E-state index contributed by atoms with van der Waals surface area (Å²) in [6.07, 6.45) is 5.67. The zero-order valence-electron chi connectivity index (χ0n) is 15.3. The molecule has 1 aromatic carbocycles. The molecule has 140 valence electrons. The summed E-state index contributed by atoms with van der Waals surface area (Å²) in [6.45, 7) is 4.49. The number of aromatic carboxylic acids is 1. The number of benzene rings is 1. The molecule has 0 spiro atoms. The maximum atomic E-state index is 11.3. The predicted octanol–water partition coefficient (Wildman–Crippen LogP) is 3.19. The fourth-order valence-electron chi connectivity index (χ4n) is 3.86. The largest absolute Gasteiger partial charge is 0.477 e. The minimum absolute atomic E-state index is 0.180. The molecule has 3 N–H and O–H groups in total. The molecule has 4 rings (SSSR count). The van der Waals surface area contributed by atoms with Gasteiger partial charge in [-0.2, -0.15) is 10.2 Å². The van der Waals surface area contributed by atoms with Crippen LogP contribution in [0.4, 0.5) is 0 Å². The molecule has 0 amide bonds. The Bertz CT molecular complexity index is 928. The van der Waals surface area contributed by atoms with E-state index in [4.69, 9.17) is 0 Å². The number of hydrogen-bond acceptors (Lipinski definition) is 4. The zero-order valence-corrected chi connectivity index (χ0v) is 15.3. The van der Waals surface area contributed by atoms with Crippen LogP contribution in [0.15, 0.2) is 36.7 Å². The summed E-state index contributed by atoms with van der Waals surface area (Å²) < 4.78 is 0. The predicted molar refractivity (Wildman–Crippen MR) is 102 cm³/mol. The molecule has 3 aromatic rings. The maximum Gasteiger partial charge on any atom is 0.354 e. The van der Waals surface area contributed by atoms with Gasteiger partial charge in [0.15, 0.2) is 0 Å². The van der Waals surface area contributed by atoms with Gasteiger partial charge in [-0.3, -0.25) is 15.1 Å². The van der Waals surface area contributed by atoms with Crippen LogP contribution in [0, 0.1) is 6.92 Å². The first kappa shape index (κ1) is 17.5. The highest BCUT2D eigenvalue weighted by Gasteiger charge is 2.26. The van der Waals surface area contributed by atoms with E-state index in [9.17, 15) is 9.90 Å². The fourth-order valence-corrected chi connectivity index (χ4v) is 3.86. The number of carboxylic acid groups (broad SMARTS) is 1. The van der Waals surface area contributed by atoms with Gasteiger partial charge in [-0.25, -0.2) is 4.79 Å². The number of piperidine rings is 1. The number of rotatable bonds is 5. The lowest BCUT2D eigenvalue weighted by Gasteiger charge is -2.32. The summed E-state index contributed by atoms with van der Waals surface area (Å²) >= 11 is 0. The van der Waals surface area contributed by atoms with Crippen molar-refractivity contribution in [2.45, 2.75) is 32.2 Å². The van der Waals surface area contributed by atoms with Gasteiger partial charge in [-0.15, -0.1) is 0 Å². The van der Waals surface area contributed by atoms with Crippen LogP contribution in [0.3, 0.4) is 0 Å². The smallest absolute Gasteiger partial charge is 0.354 e. The Kier molecular flexibility index (Phi) is 4.77. The van der Waals surface area contributed by atoms with Crippen LogP contribution in [0.5, 0.6) is 0 Å². The van der Waals surface area contributed by atoms with Crippen molar-refractivity contribution in [2.75, 3.05) is 13.1 Å². The molecular formula is C20H23N5O2. The third-order valence-electron chi connectivity index (χ3n) is 5.27. The van der Waals surface area contributed by atoms with E-state index >= 15 is 0 Å². The normalized spacial score (nSPS) is 17.9. The van der Waals surface area contributed by atoms with Gasteiger partial charge in [-0.05, 0) is 31.9 Å². The van der Waals surface area contributed by atoms with E-state index < -0.39 is 5.97 Å². The first-order valence-electron chi connectivity index (χ1n) is 9.20. The lowest BCUT2D eigenvalue weighted by atomic mass is 9.90. The zero-order chi connectivity index (χ0) is 18.8. The van der Waals surface area contributed by atoms with Crippen LogP contribution >= 0.6 is 0 Å². The van der Waals surface area contributed by atoms with Crippen molar-refractivity contribution in [3.63, 3.8) is 0 Å². The van der Waals surface area contributed by atoms with E-state index in [1.54, 1.807) is 6.20 Å². The molecule has 7 heteroatoms. The average molecular weight is 365 g/mol. The molecule has 0 saturated carbocycles.